The molecular weight excluding hydrogens is 360 g/mol. The molecule has 136 valence electrons. The molecule has 0 aliphatic carbocycles. The van der Waals surface area contributed by atoms with Gasteiger partial charge >= 0.3 is 5.97 Å². The van der Waals surface area contributed by atoms with Gasteiger partial charge in [-0.2, -0.15) is 0 Å². The van der Waals surface area contributed by atoms with E-state index in [9.17, 15) is 9.90 Å². The van der Waals surface area contributed by atoms with Gasteiger partial charge in [-0.3, -0.25) is 0 Å². The van der Waals surface area contributed by atoms with Gasteiger partial charge in [-0.25, -0.2) is 4.79 Å². The van der Waals surface area contributed by atoms with Gasteiger partial charge in [-0.1, -0.05) is 35.9 Å². The Kier molecular flexibility index (Phi) is 4.50. The lowest BCUT2D eigenvalue weighted by Crippen LogP contribution is -2.03. The Morgan fingerprint density at radius 2 is 1.81 bits per heavy atom. The van der Waals surface area contributed by atoms with Crippen LogP contribution in [0.25, 0.3) is 21.8 Å². The Hall–Kier alpha value is -2.98. The smallest absolute Gasteiger partial charge is 0.337 e. The van der Waals surface area contributed by atoms with E-state index in [0.717, 1.165) is 17.8 Å². The summed E-state index contributed by atoms with van der Waals surface area (Å²) in [5, 5.41) is 15.2. The molecule has 4 nitrogen and oxygen atoms in total. The van der Waals surface area contributed by atoms with Crippen LogP contribution in [-0.2, 0) is 13.1 Å². The van der Waals surface area contributed by atoms with Gasteiger partial charge in [0.25, 0.3) is 0 Å². The monoisotopic (exact) mass is 378 g/mol. The average molecular weight is 379 g/mol. The van der Waals surface area contributed by atoms with E-state index in [1.54, 1.807) is 18.2 Å². The normalized spacial score (nSPS) is 11.2. The molecule has 0 aliphatic heterocycles. The lowest BCUT2D eigenvalue weighted by Gasteiger charge is -2.09. The van der Waals surface area contributed by atoms with Crippen molar-refractivity contribution in [2.75, 3.05) is 5.32 Å². The second-order valence-electron chi connectivity index (χ2n) is 6.47. The Labute approximate surface area is 162 Å². The largest absolute Gasteiger partial charge is 0.478 e. The third-order valence-electron chi connectivity index (χ3n) is 4.85. The SMILES string of the molecule is CCn1c2ccccc2c2cc(CNc3ccc(Cl)c(C(=O)O)c3)ccc21. The molecule has 0 bridgehead atoms. The first kappa shape index (κ1) is 17.4. The summed E-state index contributed by atoms with van der Waals surface area (Å²) in [5.74, 6) is -1.03. The quantitative estimate of drug-likeness (QED) is 0.463. The van der Waals surface area contributed by atoms with Crippen molar-refractivity contribution in [1.82, 2.24) is 4.57 Å². The van der Waals surface area contributed by atoms with E-state index >= 15 is 0 Å². The number of aryl methyl sites for hydroxylation is 1. The fraction of sp³-hybridized carbons (Fsp3) is 0.136. The predicted molar refractivity (Wildman–Crippen MR) is 111 cm³/mol. The number of carboxylic acids is 1. The fourth-order valence-electron chi connectivity index (χ4n) is 3.55. The molecule has 0 unspecified atom stereocenters. The highest BCUT2D eigenvalue weighted by Crippen LogP contribution is 2.30. The molecule has 27 heavy (non-hydrogen) atoms. The zero-order valence-electron chi connectivity index (χ0n) is 14.9. The molecule has 0 spiro atoms. The van der Waals surface area contributed by atoms with Gasteiger partial charge in [0, 0.05) is 40.6 Å². The van der Waals surface area contributed by atoms with E-state index in [4.69, 9.17) is 11.6 Å². The number of aromatic nitrogens is 1. The zero-order chi connectivity index (χ0) is 19.0. The maximum atomic E-state index is 11.2. The van der Waals surface area contributed by atoms with Crippen LogP contribution in [0.3, 0.4) is 0 Å². The maximum Gasteiger partial charge on any atom is 0.337 e. The van der Waals surface area contributed by atoms with Gasteiger partial charge in [0.05, 0.1) is 10.6 Å². The van der Waals surface area contributed by atoms with E-state index in [0.29, 0.717) is 6.54 Å². The molecule has 4 rings (SSSR count). The van der Waals surface area contributed by atoms with E-state index in [2.05, 4.69) is 59.3 Å². The second-order valence-corrected chi connectivity index (χ2v) is 6.87. The molecule has 0 saturated heterocycles. The lowest BCUT2D eigenvalue weighted by atomic mass is 10.1. The second kappa shape index (κ2) is 6.97. The Bertz CT molecular complexity index is 1160. The Balaban J connectivity index is 1.66. The van der Waals surface area contributed by atoms with Crippen LogP contribution in [0.2, 0.25) is 5.02 Å². The number of nitrogens with one attached hydrogen (secondary N) is 1. The molecule has 0 saturated carbocycles. The molecule has 1 aromatic heterocycles. The minimum absolute atomic E-state index is 0.100. The van der Waals surface area contributed by atoms with Crippen molar-refractivity contribution in [2.24, 2.45) is 0 Å². The number of anilines is 1. The lowest BCUT2D eigenvalue weighted by molar-refractivity contribution is 0.0697. The molecule has 4 aromatic rings. The van der Waals surface area contributed by atoms with E-state index in [1.807, 2.05) is 0 Å². The first-order chi connectivity index (χ1) is 13.1. The first-order valence-corrected chi connectivity index (χ1v) is 9.23. The van der Waals surface area contributed by atoms with E-state index < -0.39 is 5.97 Å². The van der Waals surface area contributed by atoms with E-state index in [1.165, 1.54) is 21.8 Å². The van der Waals surface area contributed by atoms with Gasteiger partial charge < -0.3 is 15.0 Å². The van der Waals surface area contributed by atoms with Crippen LogP contribution < -0.4 is 5.32 Å². The number of aromatic carboxylic acids is 1. The third-order valence-corrected chi connectivity index (χ3v) is 5.18. The summed E-state index contributed by atoms with van der Waals surface area (Å²) in [4.78, 5) is 11.2. The molecular formula is C22H19ClN2O2. The topological polar surface area (TPSA) is 54.3 Å². The number of fused-ring (bicyclic) bond motifs is 3. The van der Waals surface area contributed by atoms with Gasteiger partial charge in [0.2, 0.25) is 0 Å². The summed E-state index contributed by atoms with van der Waals surface area (Å²) in [7, 11) is 0. The van der Waals surface area contributed by atoms with Crippen LogP contribution in [0.4, 0.5) is 5.69 Å². The number of hydrogen-bond acceptors (Lipinski definition) is 2. The van der Waals surface area contributed by atoms with Crippen LogP contribution >= 0.6 is 11.6 Å². The zero-order valence-corrected chi connectivity index (χ0v) is 15.6. The number of carbonyl (C=O) groups is 1. The molecule has 0 fully saturated rings. The summed E-state index contributed by atoms with van der Waals surface area (Å²) >= 11 is 5.93. The number of hydrogen-bond donors (Lipinski definition) is 2. The fourth-order valence-corrected chi connectivity index (χ4v) is 3.75. The average Bonchev–Trinajstić information content (AvgIpc) is 3.00. The molecule has 1 heterocycles. The number of rotatable bonds is 5. The van der Waals surface area contributed by atoms with Gasteiger partial charge in [0.1, 0.15) is 0 Å². The van der Waals surface area contributed by atoms with Crippen LogP contribution in [0.5, 0.6) is 0 Å². The van der Waals surface area contributed by atoms with Crippen molar-refractivity contribution in [3.8, 4) is 0 Å². The summed E-state index contributed by atoms with van der Waals surface area (Å²) in [5.41, 5.74) is 4.43. The predicted octanol–water partition coefficient (Wildman–Crippen LogP) is 5.78. The molecule has 0 atom stereocenters. The Morgan fingerprint density at radius 1 is 1.04 bits per heavy atom. The highest BCUT2D eigenvalue weighted by molar-refractivity contribution is 6.33. The summed E-state index contributed by atoms with van der Waals surface area (Å²) < 4.78 is 2.32. The first-order valence-electron chi connectivity index (χ1n) is 8.85. The third kappa shape index (κ3) is 3.13. The van der Waals surface area contributed by atoms with Crippen LogP contribution in [-0.4, -0.2) is 15.6 Å². The molecule has 2 N–H and O–H groups in total. The van der Waals surface area contributed by atoms with Gasteiger partial charge in [0.15, 0.2) is 0 Å². The molecule has 0 aliphatic rings. The minimum Gasteiger partial charge on any atom is -0.478 e. The van der Waals surface area contributed by atoms with Crippen LogP contribution in [0, 0.1) is 0 Å². The Morgan fingerprint density at radius 3 is 2.59 bits per heavy atom. The van der Waals surface area contributed by atoms with Gasteiger partial charge in [-0.15, -0.1) is 0 Å². The van der Waals surface area contributed by atoms with Crippen LogP contribution in [0.1, 0.15) is 22.8 Å². The maximum absolute atomic E-state index is 11.2. The van der Waals surface area contributed by atoms with Crippen molar-refractivity contribution in [3.05, 3.63) is 76.8 Å². The van der Waals surface area contributed by atoms with Crippen LogP contribution in [0.15, 0.2) is 60.7 Å². The van der Waals surface area contributed by atoms with Crippen molar-refractivity contribution >= 4 is 45.1 Å². The number of carboxylic acid groups (broad SMARTS) is 1. The van der Waals surface area contributed by atoms with Crippen molar-refractivity contribution < 1.29 is 9.90 Å². The highest BCUT2D eigenvalue weighted by Gasteiger charge is 2.11. The minimum atomic E-state index is -1.03. The van der Waals surface area contributed by atoms with Crippen molar-refractivity contribution in [1.29, 1.82) is 0 Å². The van der Waals surface area contributed by atoms with Gasteiger partial charge in [-0.05, 0) is 48.9 Å². The number of para-hydroxylation sites is 1. The van der Waals surface area contributed by atoms with Crippen molar-refractivity contribution in [2.45, 2.75) is 20.0 Å². The summed E-state index contributed by atoms with van der Waals surface area (Å²) in [6, 6.07) is 19.8. The number of benzene rings is 3. The molecule has 3 aromatic carbocycles. The number of nitrogens with zero attached hydrogens (tertiary/aromatic N) is 1. The number of halogens is 1. The highest BCUT2D eigenvalue weighted by atomic mass is 35.5. The molecule has 0 radical (unpaired) electrons. The summed E-state index contributed by atoms with van der Waals surface area (Å²) in [6.07, 6.45) is 0. The van der Waals surface area contributed by atoms with E-state index in [-0.39, 0.29) is 10.6 Å². The molecule has 0 amide bonds. The molecule has 5 heteroatoms. The standard InChI is InChI=1S/C22H19ClN2O2/c1-2-25-20-6-4-3-5-16(20)17-11-14(7-10-21(17)25)13-24-15-8-9-19(23)18(12-15)22(26)27/h3-12,24H,2,13H2,1H3,(H,26,27). The van der Waals surface area contributed by atoms with Crippen molar-refractivity contribution in [3.63, 3.8) is 0 Å². The summed E-state index contributed by atoms with van der Waals surface area (Å²) in [6.45, 7) is 3.68.